The van der Waals surface area contributed by atoms with Crippen molar-refractivity contribution in [3.63, 3.8) is 0 Å². The molecule has 0 aliphatic heterocycles. The smallest absolute Gasteiger partial charge is 0.252 e. The fourth-order valence-corrected chi connectivity index (χ4v) is 2.88. The Kier molecular flexibility index (Phi) is 6.93. The molecule has 27 heavy (non-hydrogen) atoms. The van der Waals surface area contributed by atoms with Gasteiger partial charge in [-0.1, -0.05) is 26.0 Å². The maximum atomic E-state index is 12.9. The lowest BCUT2D eigenvalue weighted by molar-refractivity contribution is 0.0924. The number of carbonyl (C=O) groups is 1. The molecule has 2 aromatic carbocycles. The number of rotatable bonds is 8. The van der Waals surface area contributed by atoms with E-state index in [-0.39, 0.29) is 17.9 Å². The number of amides is 1. The van der Waals surface area contributed by atoms with Gasteiger partial charge in [0.15, 0.2) is 11.5 Å². The van der Waals surface area contributed by atoms with Crippen LogP contribution in [0.3, 0.4) is 0 Å². The second-order valence-electron chi connectivity index (χ2n) is 6.38. The second kappa shape index (κ2) is 9.16. The Bertz CT molecular complexity index is 746. The molecule has 0 fully saturated rings. The van der Waals surface area contributed by atoms with Gasteiger partial charge in [-0.2, -0.15) is 0 Å². The molecular formula is C21H27NO5. The lowest BCUT2D eigenvalue weighted by Gasteiger charge is -2.23. The second-order valence-corrected chi connectivity index (χ2v) is 6.38. The molecule has 0 unspecified atom stereocenters. The fraction of sp³-hybridized carbons (Fsp3) is 0.381. The molecule has 0 saturated heterocycles. The van der Waals surface area contributed by atoms with Crippen LogP contribution in [-0.2, 0) is 0 Å². The van der Waals surface area contributed by atoms with Crippen molar-refractivity contribution in [1.29, 1.82) is 0 Å². The highest BCUT2D eigenvalue weighted by atomic mass is 16.5. The highest BCUT2D eigenvalue weighted by molar-refractivity contribution is 5.96. The minimum absolute atomic E-state index is 0.150. The van der Waals surface area contributed by atoms with Gasteiger partial charge in [-0.15, -0.1) is 0 Å². The van der Waals surface area contributed by atoms with E-state index in [1.165, 1.54) is 21.3 Å². The molecule has 1 atom stereocenters. The van der Waals surface area contributed by atoms with Crippen molar-refractivity contribution in [2.24, 2.45) is 5.92 Å². The summed E-state index contributed by atoms with van der Waals surface area (Å²) in [5.41, 5.74) is 1.44. The number of hydrogen-bond donors (Lipinski definition) is 1. The number of ether oxygens (including phenoxy) is 4. The molecule has 2 aromatic rings. The Morgan fingerprint density at radius 1 is 0.852 bits per heavy atom. The van der Waals surface area contributed by atoms with Crippen LogP contribution in [0.25, 0.3) is 0 Å². The first kappa shape index (κ1) is 20.4. The van der Waals surface area contributed by atoms with Crippen molar-refractivity contribution in [2.45, 2.75) is 19.9 Å². The van der Waals surface area contributed by atoms with E-state index in [0.717, 1.165) is 11.3 Å². The van der Waals surface area contributed by atoms with Gasteiger partial charge in [0.1, 0.15) is 5.75 Å². The molecule has 0 bridgehead atoms. The lowest BCUT2D eigenvalue weighted by Crippen LogP contribution is -2.31. The van der Waals surface area contributed by atoms with E-state index in [1.54, 1.807) is 19.2 Å². The van der Waals surface area contributed by atoms with E-state index in [9.17, 15) is 4.79 Å². The summed E-state index contributed by atoms with van der Waals surface area (Å²) in [6.45, 7) is 4.12. The van der Waals surface area contributed by atoms with Crippen LogP contribution in [0, 0.1) is 5.92 Å². The normalized spacial score (nSPS) is 11.7. The van der Waals surface area contributed by atoms with Crippen LogP contribution in [0.1, 0.15) is 35.8 Å². The zero-order valence-corrected chi connectivity index (χ0v) is 16.7. The number of methoxy groups -OCH3 is 4. The summed E-state index contributed by atoms with van der Waals surface area (Å²) in [6, 6.07) is 10.8. The van der Waals surface area contributed by atoms with Crippen molar-refractivity contribution in [3.8, 4) is 23.0 Å². The van der Waals surface area contributed by atoms with Crippen LogP contribution in [0.2, 0.25) is 0 Å². The van der Waals surface area contributed by atoms with Crippen molar-refractivity contribution >= 4 is 5.91 Å². The van der Waals surface area contributed by atoms with E-state index in [1.807, 2.05) is 24.3 Å². The highest BCUT2D eigenvalue weighted by Gasteiger charge is 2.22. The van der Waals surface area contributed by atoms with Gasteiger partial charge in [0, 0.05) is 5.56 Å². The Morgan fingerprint density at radius 2 is 1.41 bits per heavy atom. The van der Waals surface area contributed by atoms with Crippen LogP contribution < -0.4 is 24.3 Å². The maximum Gasteiger partial charge on any atom is 0.252 e. The first-order chi connectivity index (χ1) is 12.9. The summed E-state index contributed by atoms with van der Waals surface area (Å²) in [6.07, 6.45) is 0. The predicted molar refractivity (Wildman–Crippen MR) is 104 cm³/mol. The van der Waals surface area contributed by atoms with Crippen molar-refractivity contribution < 1.29 is 23.7 Å². The Hall–Kier alpha value is -2.89. The largest absolute Gasteiger partial charge is 0.497 e. The molecule has 0 radical (unpaired) electrons. The van der Waals surface area contributed by atoms with E-state index in [0.29, 0.717) is 22.8 Å². The molecule has 2 rings (SSSR count). The summed E-state index contributed by atoms with van der Waals surface area (Å²) in [7, 11) is 6.19. The molecule has 1 N–H and O–H groups in total. The molecule has 0 saturated carbocycles. The van der Waals surface area contributed by atoms with Crippen molar-refractivity contribution in [3.05, 3.63) is 47.5 Å². The standard InChI is InChI=1S/C21H27NO5/c1-13(2)19(14-7-9-16(24-3)10-8-14)22-21(23)15-11-17(25-4)20(27-6)18(12-15)26-5/h7-13,19H,1-6H3,(H,22,23)/t19-/m0/s1. The SMILES string of the molecule is COc1ccc([C@@H](NC(=O)c2cc(OC)c(OC)c(OC)c2)C(C)C)cc1. The quantitative estimate of drug-likeness (QED) is 0.761. The molecule has 6 nitrogen and oxygen atoms in total. The summed E-state index contributed by atoms with van der Waals surface area (Å²) in [5, 5.41) is 3.09. The molecule has 0 aliphatic carbocycles. The Morgan fingerprint density at radius 3 is 1.81 bits per heavy atom. The monoisotopic (exact) mass is 373 g/mol. The zero-order chi connectivity index (χ0) is 20.0. The Labute approximate surface area is 160 Å². The molecule has 1 amide bonds. The Balaban J connectivity index is 2.32. The average Bonchev–Trinajstić information content (AvgIpc) is 2.70. The summed E-state index contributed by atoms with van der Waals surface area (Å²) in [4.78, 5) is 12.9. The molecule has 0 aromatic heterocycles. The first-order valence-electron chi connectivity index (χ1n) is 8.70. The predicted octanol–water partition coefficient (Wildman–Crippen LogP) is 3.85. The van der Waals surface area contributed by atoms with Gasteiger partial charge in [0.2, 0.25) is 5.75 Å². The third-order valence-electron chi connectivity index (χ3n) is 4.36. The van der Waals surface area contributed by atoms with Crippen LogP contribution >= 0.6 is 0 Å². The van der Waals surface area contributed by atoms with Crippen molar-refractivity contribution in [2.75, 3.05) is 28.4 Å². The van der Waals surface area contributed by atoms with Crippen LogP contribution in [0.5, 0.6) is 23.0 Å². The van der Waals surface area contributed by atoms with E-state index in [2.05, 4.69) is 19.2 Å². The lowest BCUT2D eigenvalue weighted by atomic mass is 9.95. The fourth-order valence-electron chi connectivity index (χ4n) is 2.88. The first-order valence-corrected chi connectivity index (χ1v) is 8.70. The number of hydrogen-bond acceptors (Lipinski definition) is 5. The molecular weight excluding hydrogens is 346 g/mol. The van der Waals surface area contributed by atoms with Crippen LogP contribution in [-0.4, -0.2) is 34.3 Å². The molecule has 146 valence electrons. The average molecular weight is 373 g/mol. The maximum absolute atomic E-state index is 12.9. The zero-order valence-electron chi connectivity index (χ0n) is 16.7. The molecule has 0 spiro atoms. The van der Waals surface area contributed by atoms with Crippen LogP contribution in [0.4, 0.5) is 0 Å². The van der Waals surface area contributed by atoms with Gasteiger partial charge >= 0.3 is 0 Å². The molecule has 0 heterocycles. The number of carbonyl (C=O) groups excluding carboxylic acids is 1. The number of benzene rings is 2. The molecule has 6 heteroatoms. The minimum atomic E-state index is -0.219. The van der Waals surface area contributed by atoms with Gasteiger partial charge in [0.25, 0.3) is 5.91 Å². The summed E-state index contributed by atoms with van der Waals surface area (Å²) < 4.78 is 21.2. The van der Waals surface area contributed by atoms with Gasteiger partial charge < -0.3 is 24.3 Å². The van der Waals surface area contributed by atoms with Gasteiger partial charge in [0.05, 0.1) is 34.5 Å². The summed E-state index contributed by atoms with van der Waals surface area (Å²) >= 11 is 0. The minimum Gasteiger partial charge on any atom is -0.497 e. The highest BCUT2D eigenvalue weighted by Crippen LogP contribution is 2.38. The van der Waals surface area contributed by atoms with E-state index >= 15 is 0 Å². The van der Waals surface area contributed by atoms with Crippen molar-refractivity contribution in [1.82, 2.24) is 5.32 Å². The third kappa shape index (κ3) is 4.64. The van der Waals surface area contributed by atoms with Gasteiger partial charge in [-0.3, -0.25) is 4.79 Å². The van der Waals surface area contributed by atoms with Crippen LogP contribution in [0.15, 0.2) is 36.4 Å². The summed E-state index contributed by atoms with van der Waals surface area (Å²) in [5.74, 6) is 2.08. The topological polar surface area (TPSA) is 66.0 Å². The van der Waals surface area contributed by atoms with Gasteiger partial charge in [-0.05, 0) is 35.7 Å². The molecule has 0 aliphatic rings. The van der Waals surface area contributed by atoms with E-state index in [4.69, 9.17) is 18.9 Å². The number of nitrogens with one attached hydrogen (secondary N) is 1. The third-order valence-corrected chi connectivity index (χ3v) is 4.36. The van der Waals surface area contributed by atoms with E-state index < -0.39 is 0 Å². The van der Waals surface area contributed by atoms with Gasteiger partial charge in [-0.25, -0.2) is 0 Å².